The molecule has 1 saturated carbocycles. The normalized spacial score (nSPS) is 19.1. The summed E-state index contributed by atoms with van der Waals surface area (Å²) in [4.78, 5) is 4.44. The van der Waals surface area contributed by atoms with Crippen molar-refractivity contribution in [2.24, 2.45) is 5.92 Å². The molecular formula is C17H27NO. The van der Waals surface area contributed by atoms with E-state index in [0.29, 0.717) is 6.42 Å². The molecule has 0 saturated heterocycles. The van der Waals surface area contributed by atoms with Gasteiger partial charge in [0.25, 0.3) is 0 Å². The number of aryl methyl sites for hydroxylation is 1. The highest BCUT2D eigenvalue weighted by molar-refractivity contribution is 5.14. The summed E-state index contributed by atoms with van der Waals surface area (Å²) >= 11 is 0. The molecule has 1 aromatic heterocycles. The first-order chi connectivity index (χ1) is 9.28. The summed E-state index contributed by atoms with van der Waals surface area (Å²) in [6.45, 7) is 2.14. The molecule has 1 N–H and O–H groups in total. The molecule has 1 unspecified atom stereocenters. The van der Waals surface area contributed by atoms with E-state index < -0.39 is 0 Å². The van der Waals surface area contributed by atoms with Crippen molar-refractivity contribution in [2.45, 2.75) is 70.8 Å². The monoisotopic (exact) mass is 261 g/mol. The standard InChI is InChI=1S/C17H27NO/c1-2-14-9-10-16(18-13-14)12-17(19)11-15-7-5-3-4-6-8-15/h9-10,13,15,17,19H,2-8,11-12H2,1H3. The number of nitrogens with zero attached hydrogens (tertiary/aromatic N) is 1. The van der Waals surface area contributed by atoms with Crippen molar-refractivity contribution in [1.29, 1.82) is 0 Å². The third kappa shape index (κ3) is 4.94. The molecule has 19 heavy (non-hydrogen) atoms. The van der Waals surface area contributed by atoms with Crippen molar-refractivity contribution >= 4 is 0 Å². The zero-order chi connectivity index (χ0) is 13.5. The van der Waals surface area contributed by atoms with E-state index in [-0.39, 0.29) is 6.10 Å². The van der Waals surface area contributed by atoms with Gasteiger partial charge in [0.15, 0.2) is 0 Å². The molecule has 1 aliphatic rings. The largest absolute Gasteiger partial charge is 0.393 e. The predicted molar refractivity (Wildman–Crippen MR) is 79.1 cm³/mol. The number of aliphatic hydroxyl groups excluding tert-OH is 1. The molecular weight excluding hydrogens is 234 g/mol. The Hall–Kier alpha value is -0.890. The quantitative estimate of drug-likeness (QED) is 0.815. The molecule has 0 radical (unpaired) electrons. The number of aromatic nitrogens is 1. The second-order valence-corrected chi connectivity index (χ2v) is 5.96. The Morgan fingerprint density at radius 3 is 2.53 bits per heavy atom. The van der Waals surface area contributed by atoms with Crippen molar-refractivity contribution < 1.29 is 5.11 Å². The smallest absolute Gasteiger partial charge is 0.0598 e. The zero-order valence-electron chi connectivity index (χ0n) is 12.1. The first kappa shape index (κ1) is 14.5. The minimum Gasteiger partial charge on any atom is -0.393 e. The summed E-state index contributed by atoms with van der Waals surface area (Å²) in [7, 11) is 0. The average Bonchev–Trinajstić information content (AvgIpc) is 2.68. The Morgan fingerprint density at radius 2 is 1.95 bits per heavy atom. The highest BCUT2D eigenvalue weighted by atomic mass is 16.3. The van der Waals surface area contributed by atoms with Gasteiger partial charge in [-0.1, -0.05) is 51.5 Å². The van der Waals surface area contributed by atoms with Crippen LogP contribution in [0.15, 0.2) is 18.3 Å². The second-order valence-electron chi connectivity index (χ2n) is 5.96. The highest BCUT2D eigenvalue weighted by Gasteiger charge is 2.17. The lowest BCUT2D eigenvalue weighted by atomic mass is 9.92. The molecule has 1 fully saturated rings. The number of aliphatic hydroxyl groups is 1. The summed E-state index contributed by atoms with van der Waals surface area (Å²) < 4.78 is 0. The lowest BCUT2D eigenvalue weighted by Crippen LogP contribution is -2.16. The van der Waals surface area contributed by atoms with Crippen LogP contribution in [-0.2, 0) is 12.8 Å². The molecule has 0 bridgehead atoms. The number of hydrogen-bond donors (Lipinski definition) is 1. The van der Waals surface area contributed by atoms with Gasteiger partial charge in [0, 0.05) is 18.3 Å². The summed E-state index contributed by atoms with van der Waals surface area (Å²) in [5.41, 5.74) is 2.29. The maximum absolute atomic E-state index is 10.2. The van der Waals surface area contributed by atoms with Gasteiger partial charge >= 0.3 is 0 Å². The van der Waals surface area contributed by atoms with Gasteiger partial charge < -0.3 is 5.11 Å². The van der Waals surface area contributed by atoms with Crippen LogP contribution in [0.2, 0.25) is 0 Å². The average molecular weight is 261 g/mol. The number of hydrogen-bond acceptors (Lipinski definition) is 2. The fourth-order valence-electron chi connectivity index (χ4n) is 3.09. The minimum absolute atomic E-state index is 0.219. The molecule has 106 valence electrons. The first-order valence-corrected chi connectivity index (χ1v) is 7.89. The second kappa shape index (κ2) is 7.64. The number of pyridine rings is 1. The van der Waals surface area contributed by atoms with Gasteiger partial charge in [-0.25, -0.2) is 0 Å². The van der Waals surface area contributed by atoms with E-state index in [1.165, 1.54) is 44.1 Å². The maximum Gasteiger partial charge on any atom is 0.0598 e. The summed E-state index contributed by atoms with van der Waals surface area (Å²) in [6.07, 6.45) is 12.5. The Labute approximate surface area is 117 Å². The van der Waals surface area contributed by atoms with Crippen LogP contribution in [0.4, 0.5) is 0 Å². The van der Waals surface area contributed by atoms with E-state index in [0.717, 1.165) is 24.5 Å². The molecule has 0 amide bonds. The van der Waals surface area contributed by atoms with Crippen LogP contribution in [0.5, 0.6) is 0 Å². The molecule has 0 spiro atoms. The molecule has 2 heteroatoms. The van der Waals surface area contributed by atoms with Crippen LogP contribution in [0.3, 0.4) is 0 Å². The van der Waals surface area contributed by atoms with Crippen molar-refractivity contribution in [3.63, 3.8) is 0 Å². The maximum atomic E-state index is 10.2. The van der Waals surface area contributed by atoms with Crippen molar-refractivity contribution in [3.8, 4) is 0 Å². The Balaban J connectivity index is 1.80. The van der Waals surface area contributed by atoms with Crippen LogP contribution in [0, 0.1) is 5.92 Å². The fraction of sp³-hybridized carbons (Fsp3) is 0.706. The molecule has 0 aromatic carbocycles. The number of rotatable bonds is 5. The van der Waals surface area contributed by atoms with Gasteiger partial charge in [0.05, 0.1) is 6.10 Å². The zero-order valence-corrected chi connectivity index (χ0v) is 12.1. The van der Waals surface area contributed by atoms with Gasteiger partial charge in [0.2, 0.25) is 0 Å². The Kier molecular flexibility index (Phi) is 5.84. The van der Waals surface area contributed by atoms with Gasteiger partial charge in [-0.3, -0.25) is 4.98 Å². The molecule has 0 aliphatic heterocycles. The summed E-state index contributed by atoms with van der Waals surface area (Å²) in [5.74, 6) is 0.729. The highest BCUT2D eigenvalue weighted by Crippen LogP contribution is 2.27. The van der Waals surface area contributed by atoms with Gasteiger partial charge in [-0.2, -0.15) is 0 Å². The van der Waals surface area contributed by atoms with Crippen LogP contribution >= 0.6 is 0 Å². The fourth-order valence-corrected chi connectivity index (χ4v) is 3.09. The molecule has 1 aromatic rings. The third-order valence-electron chi connectivity index (χ3n) is 4.32. The lowest BCUT2D eigenvalue weighted by molar-refractivity contribution is 0.136. The molecule has 2 nitrogen and oxygen atoms in total. The van der Waals surface area contributed by atoms with Gasteiger partial charge in [-0.05, 0) is 30.4 Å². The molecule has 2 rings (SSSR count). The topological polar surface area (TPSA) is 33.1 Å². The van der Waals surface area contributed by atoms with Crippen molar-refractivity contribution in [3.05, 3.63) is 29.6 Å². The Bertz CT molecular complexity index is 352. The first-order valence-electron chi connectivity index (χ1n) is 7.89. The van der Waals surface area contributed by atoms with E-state index in [2.05, 4.69) is 24.0 Å². The summed E-state index contributed by atoms with van der Waals surface area (Å²) in [5, 5.41) is 10.2. The van der Waals surface area contributed by atoms with E-state index >= 15 is 0 Å². The minimum atomic E-state index is -0.219. The van der Waals surface area contributed by atoms with Crippen LogP contribution in [0.25, 0.3) is 0 Å². The van der Waals surface area contributed by atoms with Crippen LogP contribution in [-0.4, -0.2) is 16.2 Å². The third-order valence-corrected chi connectivity index (χ3v) is 4.32. The van der Waals surface area contributed by atoms with E-state index in [1.807, 2.05) is 6.20 Å². The molecule has 1 aliphatic carbocycles. The van der Waals surface area contributed by atoms with Crippen LogP contribution in [0.1, 0.15) is 63.1 Å². The lowest BCUT2D eigenvalue weighted by Gasteiger charge is -2.18. The van der Waals surface area contributed by atoms with E-state index in [1.54, 1.807) is 0 Å². The molecule has 1 heterocycles. The van der Waals surface area contributed by atoms with Crippen LogP contribution < -0.4 is 0 Å². The SMILES string of the molecule is CCc1ccc(CC(O)CC2CCCCCC2)nc1. The van der Waals surface area contributed by atoms with Crippen molar-refractivity contribution in [2.75, 3.05) is 0 Å². The Morgan fingerprint density at radius 1 is 1.21 bits per heavy atom. The predicted octanol–water partition coefficient (Wildman–Crippen LogP) is 3.91. The van der Waals surface area contributed by atoms with Gasteiger partial charge in [-0.15, -0.1) is 0 Å². The van der Waals surface area contributed by atoms with E-state index in [4.69, 9.17) is 0 Å². The summed E-state index contributed by atoms with van der Waals surface area (Å²) in [6, 6.07) is 4.19. The van der Waals surface area contributed by atoms with E-state index in [9.17, 15) is 5.11 Å². The van der Waals surface area contributed by atoms with Gasteiger partial charge in [0.1, 0.15) is 0 Å². The molecule has 1 atom stereocenters. The van der Waals surface area contributed by atoms with Crippen molar-refractivity contribution in [1.82, 2.24) is 4.98 Å².